The van der Waals surface area contributed by atoms with Crippen molar-refractivity contribution in [1.29, 1.82) is 0 Å². The van der Waals surface area contributed by atoms with E-state index in [4.69, 9.17) is 9.98 Å². The maximum absolute atomic E-state index is 4.97. The molecule has 154 valence electrons. The number of nitrogens with zero attached hydrogens (tertiary/aromatic N) is 3. The van der Waals surface area contributed by atoms with Crippen molar-refractivity contribution in [3.05, 3.63) is 47.2 Å². The molecular formula is C25H39N3. The minimum absolute atomic E-state index is 0.550. The van der Waals surface area contributed by atoms with Crippen LogP contribution in [0.25, 0.3) is 0 Å². The molecule has 0 aromatic heterocycles. The third kappa shape index (κ3) is 6.61. The highest BCUT2D eigenvalue weighted by Gasteiger charge is 2.24. The minimum atomic E-state index is 0.550. The van der Waals surface area contributed by atoms with E-state index in [1.165, 1.54) is 24.0 Å². The van der Waals surface area contributed by atoms with Crippen molar-refractivity contribution in [2.75, 3.05) is 13.1 Å². The van der Waals surface area contributed by atoms with Crippen molar-refractivity contribution in [3.8, 4) is 0 Å². The first-order valence-corrected chi connectivity index (χ1v) is 11.2. The molecule has 0 fully saturated rings. The van der Waals surface area contributed by atoms with Crippen LogP contribution in [0.1, 0.15) is 72.3 Å². The highest BCUT2D eigenvalue weighted by atomic mass is 15.3. The Balaban J connectivity index is 2.16. The molecule has 1 heterocycles. The van der Waals surface area contributed by atoms with Crippen LogP contribution in [0.4, 0.5) is 0 Å². The first-order chi connectivity index (χ1) is 13.6. The van der Waals surface area contributed by atoms with Crippen LogP contribution in [0.2, 0.25) is 0 Å². The molecule has 1 aromatic carbocycles. The summed E-state index contributed by atoms with van der Waals surface area (Å²) in [5.41, 5.74) is 3.95. The first-order valence-electron chi connectivity index (χ1n) is 11.2. The average Bonchev–Trinajstić information content (AvgIpc) is 3.10. The number of aryl methyl sites for hydroxylation is 1. The van der Waals surface area contributed by atoms with Crippen molar-refractivity contribution in [3.63, 3.8) is 0 Å². The van der Waals surface area contributed by atoms with E-state index in [2.05, 4.69) is 69.9 Å². The third-order valence-electron chi connectivity index (χ3n) is 5.63. The molecule has 0 saturated heterocycles. The molecule has 1 aliphatic heterocycles. The fourth-order valence-electron chi connectivity index (χ4n) is 3.63. The number of benzene rings is 1. The highest BCUT2D eigenvalue weighted by molar-refractivity contribution is 6.09. The number of aliphatic imine (C=N–C) groups is 2. The van der Waals surface area contributed by atoms with Crippen molar-refractivity contribution in [2.45, 2.75) is 73.1 Å². The van der Waals surface area contributed by atoms with Crippen LogP contribution in [-0.4, -0.2) is 30.2 Å². The lowest BCUT2D eigenvalue weighted by Gasteiger charge is -2.21. The zero-order valence-corrected chi connectivity index (χ0v) is 18.6. The first kappa shape index (κ1) is 22.4. The summed E-state index contributed by atoms with van der Waals surface area (Å²) in [5.74, 6) is 2.34. The van der Waals surface area contributed by atoms with Gasteiger partial charge in [0.2, 0.25) is 0 Å². The molecule has 1 aromatic rings. The molecule has 2 rings (SSSR count). The Morgan fingerprint density at radius 1 is 1.11 bits per heavy atom. The Bertz CT molecular complexity index is 670. The second kappa shape index (κ2) is 11.8. The van der Waals surface area contributed by atoms with E-state index < -0.39 is 0 Å². The fraction of sp³-hybridized carbons (Fsp3) is 0.600. The van der Waals surface area contributed by atoms with Gasteiger partial charge in [0.15, 0.2) is 5.84 Å². The molecule has 1 atom stereocenters. The van der Waals surface area contributed by atoms with Gasteiger partial charge in [0, 0.05) is 13.1 Å². The van der Waals surface area contributed by atoms with Gasteiger partial charge in [-0.15, -0.1) is 0 Å². The zero-order valence-electron chi connectivity index (χ0n) is 18.6. The van der Waals surface area contributed by atoms with Gasteiger partial charge in [-0.1, -0.05) is 64.4 Å². The molecule has 0 aliphatic carbocycles. The Hall–Kier alpha value is -1.90. The van der Waals surface area contributed by atoms with Gasteiger partial charge in [-0.3, -0.25) is 4.99 Å². The SMILES string of the molecule is CCCCN=C1/C(=C(\C)C(CC)CCc2ccccc2)N=CN1CCC(C)C. The summed E-state index contributed by atoms with van der Waals surface area (Å²) >= 11 is 0. The molecule has 0 radical (unpaired) electrons. The van der Waals surface area contributed by atoms with Gasteiger partial charge in [0.05, 0.1) is 6.34 Å². The number of unbranched alkanes of at least 4 members (excludes halogenated alkanes) is 1. The zero-order chi connectivity index (χ0) is 20.4. The topological polar surface area (TPSA) is 28.0 Å². The number of hydrogen-bond acceptors (Lipinski definition) is 2. The number of hydrogen-bond donors (Lipinski definition) is 0. The van der Waals surface area contributed by atoms with Crippen molar-refractivity contribution < 1.29 is 0 Å². The Morgan fingerprint density at radius 2 is 1.86 bits per heavy atom. The lowest BCUT2D eigenvalue weighted by atomic mass is 9.89. The van der Waals surface area contributed by atoms with E-state index >= 15 is 0 Å². The molecule has 0 amide bonds. The van der Waals surface area contributed by atoms with Crippen LogP contribution in [0.3, 0.4) is 0 Å². The monoisotopic (exact) mass is 381 g/mol. The third-order valence-corrected chi connectivity index (χ3v) is 5.63. The molecule has 28 heavy (non-hydrogen) atoms. The lowest BCUT2D eigenvalue weighted by molar-refractivity contribution is 0.500. The molecule has 1 unspecified atom stereocenters. The smallest absolute Gasteiger partial charge is 0.155 e. The molecule has 3 heteroatoms. The molecule has 3 nitrogen and oxygen atoms in total. The van der Waals surface area contributed by atoms with Gasteiger partial charge < -0.3 is 4.90 Å². The Labute approximate surface area is 172 Å². The molecular weight excluding hydrogens is 342 g/mol. The van der Waals surface area contributed by atoms with Crippen LogP contribution in [0, 0.1) is 11.8 Å². The van der Waals surface area contributed by atoms with E-state index in [1.807, 2.05) is 6.34 Å². The van der Waals surface area contributed by atoms with Gasteiger partial charge in [-0.25, -0.2) is 4.99 Å². The predicted molar refractivity (Wildman–Crippen MR) is 123 cm³/mol. The molecule has 0 bridgehead atoms. The Morgan fingerprint density at radius 3 is 2.50 bits per heavy atom. The second-order valence-electron chi connectivity index (χ2n) is 8.34. The largest absolute Gasteiger partial charge is 0.316 e. The van der Waals surface area contributed by atoms with E-state index in [0.29, 0.717) is 11.8 Å². The summed E-state index contributed by atoms with van der Waals surface area (Å²) in [6.07, 6.45) is 8.92. The van der Waals surface area contributed by atoms with Crippen LogP contribution < -0.4 is 0 Å². The number of amidine groups is 1. The van der Waals surface area contributed by atoms with Crippen LogP contribution in [0.15, 0.2) is 51.6 Å². The van der Waals surface area contributed by atoms with Gasteiger partial charge in [0.25, 0.3) is 0 Å². The summed E-state index contributed by atoms with van der Waals surface area (Å²) in [7, 11) is 0. The molecule has 0 N–H and O–H groups in total. The predicted octanol–water partition coefficient (Wildman–Crippen LogP) is 6.51. The summed E-state index contributed by atoms with van der Waals surface area (Å²) in [6, 6.07) is 10.8. The van der Waals surface area contributed by atoms with Crippen LogP contribution in [0.5, 0.6) is 0 Å². The number of rotatable bonds is 11. The minimum Gasteiger partial charge on any atom is -0.316 e. The van der Waals surface area contributed by atoms with Crippen LogP contribution in [-0.2, 0) is 6.42 Å². The highest BCUT2D eigenvalue weighted by Crippen LogP contribution is 2.28. The molecule has 1 aliphatic rings. The summed E-state index contributed by atoms with van der Waals surface area (Å²) in [5, 5.41) is 0. The molecule has 0 saturated carbocycles. The average molecular weight is 382 g/mol. The fourth-order valence-corrected chi connectivity index (χ4v) is 3.63. The van der Waals surface area contributed by atoms with Crippen molar-refractivity contribution in [1.82, 2.24) is 4.90 Å². The lowest BCUT2D eigenvalue weighted by Crippen LogP contribution is -2.28. The van der Waals surface area contributed by atoms with Crippen molar-refractivity contribution in [2.24, 2.45) is 21.8 Å². The second-order valence-corrected chi connectivity index (χ2v) is 8.34. The van der Waals surface area contributed by atoms with E-state index in [9.17, 15) is 0 Å². The van der Waals surface area contributed by atoms with Gasteiger partial charge >= 0.3 is 0 Å². The van der Waals surface area contributed by atoms with Gasteiger partial charge in [0.1, 0.15) is 5.70 Å². The number of allylic oxidation sites excluding steroid dienone is 1. The standard InChI is InChI=1S/C25H39N3/c1-6-8-17-26-25-24(27-19-28(25)18-16-20(3)4)21(5)23(7-2)15-14-22-12-10-9-11-13-22/h9-13,19-20,23H,6-8,14-18H2,1-5H3/b24-21-,26-25?. The summed E-state index contributed by atoms with van der Waals surface area (Å²) in [6.45, 7) is 13.2. The van der Waals surface area contributed by atoms with E-state index in [1.54, 1.807) is 0 Å². The molecule has 0 spiro atoms. The van der Waals surface area contributed by atoms with Gasteiger partial charge in [-0.2, -0.15) is 0 Å². The van der Waals surface area contributed by atoms with Crippen LogP contribution >= 0.6 is 0 Å². The normalized spacial score (nSPS) is 18.4. The van der Waals surface area contributed by atoms with Gasteiger partial charge in [-0.05, 0) is 62.0 Å². The van der Waals surface area contributed by atoms with E-state index in [-0.39, 0.29) is 0 Å². The summed E-state index contributed by atoms with van der Waals surface area (Å²) in [4.78, 5) is 12.1. The summed E-state index contributed by atoms with van der Waals surface area (Å²) < 4.78 is 0. The van der Waals surface area contributed by atoms with Crippen molar-refractivity contribution >= 4 is 12.2 Å². The van der Waals surface area contributed by atoms with E-state index in [0.717, 1.165) is 50.3 Å². The maximum atomic E-state index is 4.97. The Kier molecular flexibility index (Phi) is 9.46. The quantitative estimate of drug-likeness (QED) is 0.402. The maximum Gasteiger partial charge on any atom is 0.155 e.